The maximum absolute atomic E-state index is 12.8. The van der Waals surface area contributed by atoms with Gasteiger partial charge in [0.2, 0.25) is 11.8 Å². The summed E-state index contributed by atoms with van der Waals surface area (Å²) in [7, 11) is 0. The Bertz CT molecular complexity index is 601. The molecule has 0 spiro atoms. The molecule has 2 aliphatic heterocycles. The van der Waals surface area contributed by atoms with Gasteiger partial charge in [-0.25, -0.2) is 0 Å². The Labute approximate surface area is 172 Å². The summed E-state index contributed by atoms with van der Waals surface area (Å²) in [5.74, 6) is -1.08. The molecule has 2 amide bonds. The molecule has 2 saturated heterocycles. The third-order valence-electron chi connectivity index (χ3n) is 5.16. The molecule has 9 heteroatoms. The van der Waals surface area contributed by atoms with Crippen molar-refractivity contribution in [2.24, 2.45) is 11.8 Å². The Hall–Kier alpha value is -2.16. The van der Waals surface area contributed by atoms with Crippen molar-refractivity contribution >= 4 is 23.8 Å². The highest BCUT2D eigenvalue weighted by Gasteiger charge is 2.36. The number of piperazine rings is 1. The molecule has 164 valence electrons. The summed E-state index contributed by atoms with van der Waals surface area (Å²) in [5, 5.41) is 2.72. The molecule has 1 unspecified atom stereocenters. The van der Waals surface area contributed by atoms with Crippen LogP contribution in [-0.2, 0) is 28.7 Å². The zero-order chi connectivity index (χ0) is 21.4. The fraction of sp³-hybridized carbons (Fsp3) is 0.800. The van der Waals surface area contributed by atoms with Crippen LogP contribution in [0.2, 0.25) is 0 Å². The minimum atomic E-state index is -0.840. The van der Waals surface area contributed by atoms with Crippen LogP contribution in [0, 0.1) is 11.8 Å². The van der Waals surface area contributed by atoms with Crippen LogP contribution < -0.4 is 5.32 Å². The number of nitrogens with one attached hydrogen (secondary N) is 1. The summed E-state index contributed by atoms with van der Waals surface area (Å²) in [5.41, 5.74) is 0. The van der Waals surface area contributed by atoms with Gasteiger partial charge in [-0.3, -0.25) is 24.1 Å². The highest BCUT2D eigenvalue weighted by Crippen LogP contribution is 2.19. The number of rotatable bonds is 8. The average molecular weight is 411 g/mol. The molecule has 0 aromatic carbocycles. The number of esters is 2. The summed E-state index contributed by atoms with van der Waals surface area (Å²) in [4.78, 5) is 52.5. The van der Waals surface area contributed by atoms with Crippen molar-refractivity contribution < 1.29 is 28.7 Å². The smallest absolute Gasteiger partial charge is 0.309 e. The van der Waals surface area contributed by atoms with Gasteiger partial charge in [-0.1, -0.05) is 13.8 Å². The van der Waals surface area contributed by atoms with E-state index in [2.05, 4.69) is 5.32 Å². The van der Waals surface area contributed by atoms with Crippen LogP contribution in [0.3, 0.4) is 0 Å². The predicted molar refractivity (Wildman–Crippen MR) is 105 cm³/mol. The van der Waals surface area contributed by atoms with Gasteiger partial charge in [0.05, 0.1) is 32.1 Å². The number of amides is 2. The Balaban J connectivity index is 1.88. The molecule has 2 aliphatic rings. The van der Waals surface area contributed by atoms with E-state index in [4.69, 9.17) is 9.47 Å². The quantitative estimate of drug-likeness (QED) is 0.568. The number of ether oxygens (including phenoxy) is 2. The first-order valence-corrected chi connectivity index (χ1v) is 10.4. The second kappa shape index (κ2) is 11.1. The van der Waals surface area contributed by atoms with Crippen molar-refractivity contribution in [1.82, 2.24) is 15.1 Å². The summed E-state index contributed by atoms with van der Waals surface area (Å²) >= 11 is 0. The molecule has 0 aliphatic carbocycles. The van der Waals surface area contributed by atoms with Crippen molar-refractivity contribution in [3.05, 3.63) is 0 Å². The minimum Gasteiger partial charge on any atom is -0.466 e. The Kier molecular flexibility index (Phi) is 8.88. The lowest BCUT2D eigenvalue weighted by atomic mass is 9.97. The molecule has 0 aromatic heterocycles. The molecular weight excluding hydrogens is 378 g/mol. The molecule has 2 rings (SSSR count). The highest BCUT2D eigenvalue weighted by molar-refractivity contribution is 5.92. The van der Waals surface area contributed by atoms with E-state index in [1.165, 1.54) is 4.90 Å². The van der Waals surface area contributed by atoms with Gasteiger partial charge < -0.3 is 19.7 Å². The van der Waals surface area contributed by atoms with Crippen molar-refractivity contribution in [1.29, 1.82) is 0 Å². The summed E-state index contributed by atoms with van der Waals surface area (Å²) in [6, 6.07) is -0.840. The third-order valence-corrected chi connectivity index (χ3v) is 5.16. The number of piperidine rings is 1. The lowest BCUT2D eigenvalue weighted by Crippen LogP contribution is -2.59. The summed E-state index contributed by atoms with van der Waals surface area (Å²) in [6.07, 6.45) is 1.16. The Morgan fingerprint density at radius 1 is 1.14 bits per heavy atom. The summed E-state index contributed by atoms with van der Waals surface area (Å²) < 4.78 is 10.2. The van der Waals surface area contributed by atoms with Crippen LogP contribution in [-0.4, -0.2) is 85.5 Å². The monoisotopic (exact) mass is 411 g/mol. The maximum atomic E-state index is 12.8. The van der Waals surface area contributed by atoms with Gasteiger partial charge in [-0.05, 0) is 38.8 Å². The standard InChI is InChI=1S/C20H33N3O6/c1-4-28-20(27)15-5-8-22(9-6-15)12-17(24)23-10-7-21-19(26)16(23)11-18(25)29-13-14(2)3/h14-16H,4-13H2,1-3H3,(H,21,26). The van der Waals surface area contributed by atoms with E-state index in [-0.39, 0.29) is 49.2 Å². The second-order valence-corrected chi connectivity index (χ2v) is 7.98. The van der Waals surface area contributed by atoms with E-state index in [0.29, 0.717) is 45.6 Å². The van der Waals surface area contributed by atoms with Gasteiger partial charge in [0, 0.05) is 13.1 Å². The first-order valence-electron chi connectivity index (χ1n) is 10.4. The number of likely N-dealkylation sites (tertiary alicyclic amines) is 1. The molecule has 0 radical (unpaired) electrons. The molecule has 0 saturated carbocycles. The normalized spacial score (nSPS) is 21.0. The second-order valence-electron chi connectivity index (χ2n) is 7.98. The number of carbonyl (C=O) groups is 4. The number of hydrogen-bond acceptors (Lipinski definition) is 7. The molecular formula is C20H33N3O6. The average Bonchev–Trinajstić information content (AvgIpc) is 2.68. The van der Waals surface area contributed by atoms with Gasteiger partial charge in [0.15, 0.2) is 0 Å². The molecule has 1 N–H and O–H groups in total. The Morgan fingerprint density at radius 2 is 1.83 bits per heavy atom. The van der Waals surface area contributed by atoms with Gasteiger partial charge in [0.1, 0.15) is 6.04 Å². The zero-order valence-electron chi connectivity index (χ0n) is 17.6. The first kappa shape index (κ1) is 23.1. The first-order chi connectivity index (χ1) is 13.8. The van der Waals surface area contributed by atoms with E-state index >= 15 is 0 Å². The van der Waals surface area contributed by atoms with Crippen molar-refractivity contribution in [2.75, 3.05) is 45.9 Å². The molecule has 1 atom stereocenters. The Morgan fingerprint density at radius 3 is 2.45 bits per heavy atom. The minimum absolute atomic E-state index is 0.120. The van der Waals surface area contributed by atoms with Crippen LogP contribution in [0.25, 0.3) is 0 Å². The topological polar surface area (TPSA) is 105 Å². The molecule has 9 nitrogen and oxygen atoms in total. The van der Waals surface area contributed by atoms with Crippen LogP contribution in [0.15, 0.2) is 0 Å². The fourth-order valence-electron chi connectivity index (χ4n) is 3.56. The van der Waals surface area contributed by atoms with Crippen molar-refractivity contribution in [2.45, 2.75) is 46.1 Å². The van der Waals surface area contributed by atoms with Crippen molar-refractivity contribution in [3.8, 4) is 0 Å². The molecule has 29 heavy (non-hydrogen) atoms. The highest BCUT2D eigenvalue weighted by atomic mass is 16.5. The SMILES string of the molecule is CCOC(=O)C1CCN(CC(=O)N2CCNC(=O)C2CC(=O)OCC(C)C)CC1. The van der Waals surface area contributed by atoms with Crippen molar-refractivity contribution in [3.63, 3.8) is 0 Å². The van der Waals surface area contributed by atoms with Crippen LogP contribution in [0.4, 0.5) is 0 Å². The zero-order valence-corrected chi connectivity index (χ0v) is 17.6. The molecule has 0 bridgehead atoms. The largest absolute Gasteiger partial charge is 0.466 e. The van der Waals surface area contributed by atoms with E-state index in [1.54, 1.807) is 6.92 Å². The van der Waals surface area contributed by atoms with Gasteiger partial charge >= 0.3 is 11.9 Å². The van der Waals surface area contributed by atoms with Gasteiger partial charge in [-0.15, -0.1) is 0 Å². The number of hydrogen-bond donors (Lipinski definition) is 1. The lowest BCUT2D eigenvalue weighted by molar-refractivity contribution is -0.153. The van der Waals surface area contributed by atoms with E-state index in [9.17, 15) is 19.2 Å². The van der Waals surface area contributed by atoms with Gasteiger partial charge in [-0.2, -0.15) is 0 Å². The molecule has 0 aromatic rings. The van der Waals surface area contributed by atoms with Crippen LogP contribution >= 0.6 is 0 Å². The lowest BCUT2D eigenvalue weighted by Gasteiger charge is -2.37. The molecule has 2 heterocycles. The van der Waals surface area contributed by atoms with Crippen LogP contribution in [0.1, 0.15) is 40.0 Å². The summed E-state index contributed by atoms with van der Waals surface area (Å²) in [6.45, 7) is 8.46. The fourth-order valence-corrected chi connectivity index (χ4v) is 3.56. The van der Waals surface area contributed by atoms with E-state index in [0.717, 1.165) is 0 Å². The number of nitrogens with zero attached hydrogens (tertiary/aromatic N) is 2. The van der Waals surface area contributed by atoms with Crippen LogP contribution in [0.5, 0.6) is 0 Å². The van der Waals surface area contributed by atoms with E-state index < -0.39 is 12.0 Å². The van der Waals surface area contributed by atoms with E-state index in [1.807, 2.05) is 18.7 Å². The maximum Gasteiger partial charge on any atom is 0.309 e. The predicted octanol–water partition coefficient (Wildman–Crippen LogP) is 0.178. The third kappa shape index (κ3) is 6.99. The molecule has 2 fully saturated rings. The van der Waals surface area contributed by atoms with Gasteiger partial charge in [0.25, 0.3) is 0 Å². The number of carbonyl (C=O) groups excluding carboxylic acids is 4.